The molecule has 0 amide bonds. The number of hydrogen-bond acceptors (Lipinski definition) is 10. The molecule has 5 heterocycles. The molecule has 0 aliphatic carbocycles. The third-order valence-corrected chi connectivity index (χ3v) is 6.33. The SMILES string of the molecule is CC(Nc1nc(Cl)nc(N2CCOCC2)c1F)c1ccc(F)cn1.Fc1c(Cl)nc(Cl)nc1N1CCOCC1. The quantitative estimate of drug-likeness (QED) is 0.328. The lowest BCUT2D eigenvalue weighted by molar-refractivity contribution is 0.122. The summed E-state index contributed by atoms with van der Waals surface area (Å²) in [6.07, 6.45) is 1.11. The van der Waals surface area contributed by atoms with Crippen LogP contribution in [0.2, 0.25) is 15.7 Å². The van der Waals surface area contributed by atoms with Crippen molar-refractivity contribution in [1.29, 1.82) is 0 Å². The van der Waals surface area contributed by atoms with E-state index in [1.807, 2.05) is 0 Å². The summed E-state index contributed by atoms with van der Waals surface area (Å²) in [4.78, 5) is 22.7. The van der Waals surface area contributed by atoms with Gasteiger partial charge in [0.05, 0.1) is 44.4 Å². The highest BCUT2D eigenvalue weighted by Gasteiger charge is 2.23. The highest BCUT2D eigenvalue weighted by molar-refractivity contribution is 6.32. The van der Waals surface area contributed by atoms with Crippen LogP contribution in [0.3, 0.4) is 0 Å². The lowest BCUT2D eigenvalue weighted by atomic mass is 10.2. The second kappa shape index (κ2) is 13.6. The standard InChI is InChI=1S/C15H16ClF2N5O.C8H8Cl2FN3O/c1-9(11-3-2-10(17)8-19-11)20-13-12(18)14(22-15(16)21-13)23-4-6-24-7-5-23;9-6-5(11)7(13-8(10)12-6)14-1-3-15-4-2-14/h2-3,8-9H,4-7H2,1H3,(H,20,21,22);1-4H2. The number of pyridine rings is 1. The van der Waals surface area contributed by atoms with Gasteiger partial charge in [-0.05, 0) is 42.3 Å². The Labute approximate surface area is 237 Å². The average Bonchev–Trinajstić information content (AvgIpc) is 2.94. The summed E-state index contributed by atoms with van der Waals surface area (Å²) in [5.74, 6) is -1.39. The van der Waals surface area contributed by atoms with Gasteiger partial charge in [0.1, 0.15) is 5.82 Å². The van der Waals surface area contributed by atoms with Crippen LogP contribution in [-0.4, -0.2) is 77.5 Å². The zero-order chi connectivity index (χ0) is 27.9. The van der Waals surface area contributed by atoms with Crippen molar-refractivity contribution in [3.8, 4) is 0 Å². The molecule has 5 rings (SSSR count). The van der Waals surface area contributed by atoms with E-state index in [1.54, 1.807) is 16.7 Å². The van der Waals surface area contributed by atoms with Crippen molar-refractivity contribution < 1.29 is 22.6 Å². The third kappa shape index (κ3) is 7.70. The van der Waals surface area contributed by atoms with Gasteiger partial charge in [0.2, 0.25) is 22.2 Å². The van der Waals surface area contributed by atoms with Gasteiger partial charge in [0, 0.05) is 26.2 Å². The van der Waals surface area contributed by atoms with E-state index in [2.05, 4.69) is 30.2 Å². The molecule has 2 fully saturated rings. The molecule has 2 aliphatic rings. The molecule has 3 aromatic heterocycles. The maximum absolute atomic E-state index is 14.8. The van der Waals surface area contributed by atoms with E-state index in [-0.39, 0.29) is 39.2 Å². The predicted octanol–water partition coefficient (Wildman–Crippen LogP) is 4.57. The Balaban J connectivity index is 0.000000202. The monoisotopic (exact) mass is 606 g/mol. The molecule has 0 bridgehead atoms. The van der Waals surface area contributed by atoms with E-state index < -0.39 is 17.5 Å². The number of aromatic nitrogens is 5. The summed E-state index contributed by atoms with van der Waals surface area (Å²) in [7, 11) is 0. The Morgan fingerprint density at radius 3 is 1.87 bits per heavy atom. The zero-order valence-electron chi connectivity index (χ0n) is 20.7. The molecule has 0 radical (unpaired) electrons. The second-order valence-electron chi connectivity index (χ2n) is 8.37. The Morgan fingerprint density at radius 1 is 0.795 bits per heavy atom. The van der Waals surface area contributed by atoms with Crippen LogP contribution >= 0.6 is 34.8 Å². The first-order valence-corrected chi connectivity index (χ1v) is 13.0. The van der Waals surface area contributed by atoms with Crippen molar-refractivity contribution in [2.75, 3.05) is 67.7 Å². The Bertz CT molecular complexity index is 1270. The molecular weight excluding hydrogens is 584 g/mol. The van der Waals surface area contributed by atoms with Crippen molar-refractivity contribution in [3.05, 3.63) is 57.2 Å². The molecule has 2 aliphatic heterocycles. The third-order valence-electron chi connectivity index (χ3n) is 5.74. The van der Waals surface area contributed by atoms with Crippen LogP contribution in [0.15, 0.2) is 18.3 Å². The van der Waals surface area contributed by atoms with Crippen molar-refractivity contribution in [2.24, 2.45) is 0 Å². The molecule has 16 heteroatoms. The summed E-state index contributed by atoms with van der Waals surface area (Å²) >= 11 is 17.1. The number of halogens is 6. The first kappa shape index (κ1) is 29.3. The summed E-state index contributed by atoms with van der Waals surface area (Å²) in [5.41, 5.74) is 0.554. The van der Waals surface area contributed by atoms with Crippen LogP contribution < -0.4 is 15.1 Å². The first-order valence-electron chi connectivity index (χ1n) is 11.9. The maximum atomic E-state index is 14.8. The molecule has 2 saturated heterocycles. The molecule has 0 saturated carbocycles. The van der Waals surface area contributed by atoms with Gasteiger partial charge in [-0.2, -0.15) is 23.7 Å². The lowest BCUT2D eigenvalue weighted by Crippen LogP contribution is -2.37. The molecule has 210 valence electrons. The van der Waals surface area contributed by atoms with Crippen LogP contribution in [0.1, 0.15) is 18.7 Å². The minimum Gasteiger partial charge on any atom is -0.378 e. The van der Waals surface area contributed by atoms with Crippen molar-refractivity contribution in [3.63, 3.8) is 0 Å². The number of hydrogen-bond donors (Lipinski definition) is 1. The topological polar surface area (TPSA) is 101 Å². The predicted molar refractivity (Wildman–Crippen MR) is 141 cm³/mol. The second-order valence-corrected chi connectivity index (χ2v) is 9.40. The van der Waals surface area contributed by atoms with E-state index in [0.717, 1.165) is 6.20 Å². The van der Waals surface area contributed by atoms with E-state index in [4.69, 9.17) is 44.3 Å². The lowest BCUT2D eigenvalue weighted by Gasteiger charge is -2.28. The summed E-state index contributed by atoms with van der Waals surface area (Å²) in [6.45, 7) is 6.04. The van der Waals surface area contributed by atoms with Crippen LogP contribution in [0, 0.1) is 17.5 Å². The van der Waals surface area contributed by atoms with Crippen molar-refractivity contribution >= 4 is 52.3 Å². The van der Waals surface area contributed by atoms with E-state index in [1.165, 1.54) is 12.1 Å². The maximum Gasteiger partial charge on any atom is 0.226 e. The van der Waals surface area contributed by atoms with Crippen LogP contribution in [-0.2, 0) is 9.47 Å². The molecule has 0 spiro atoms. The molecular formula is C23H24Cl3F3N8O2. The van der Waals surface area contributed by atoms with Crippen molar-refractivity contribution in [2.45, 2.75) is 13.0 Å². The number of anilines is 3. The van der Waals surface area contributed by atoms with Gasteiger partial charge < -0.3 is 24.6 Å². The fraction of sp³-hybridized carbons (Fsp3) is 0.435. The number of ether oxygens (including phenoxy) is 2. The Hall–Kier alpha value is -2.71. The minimum absolute atomic E-state index is 0.0184. The van der Waals surface area contributed by atoms with E-state index in [0.29, 0.717) is 58.3 Å². The molecule has 3 aromatic rings. The van der Waals surface area contributed by atoms with Gasteiger partial charge in [0.25, 0.3) is 0 Å². The Kier molecular flexibility index (Phi) is 10.2. The molecule has 39 heavy (non-hydrogen) atoms. The van der Waals surface area contributed by atoms with Crippen LogP contribution in [0.25, 0.3) is 0 Å². The van der Waals surface area contributed by atoms with Gasteiger partial charge in [-0.25, -0.2) is 9.37 Å². The van der Waals surface area contributed by atoms with Gasteiger partial charge >= 0.3 is 0 Å². The fourth-order valence-electron chi connectivity index (χ4n) is 3.78. The Morgan fingerprint density at radius 2 is 1.33 bits per heavy atom. The molecule has 1 N–H and O–H groups in total. The smallest absolute Gasteiger partial charge is 0.226 e. The molecule has 10 nitrogen and oxygen atoms in total. The molecule has 1 atom stereocenters. The van der Waals surface area contributed by atoms with Crippen LogP contribution in [0.4, 0.5) is 30.6 Å². The van der Waals surface area contributed by atoms with Gasteiger partial charge in [0.15, 0.2) is 22.6 Å². The first-order chi connectivity index (χ1) is 18.7. The normalized spacial score (nSPS) is 16.4. The van der Waals surface area contributed by atoms with Gasteiger partial charge in [-0.15, -0.1) is 0 Å². The number of morpholine rings is 2. The summed E-state index contributed by atoms with van der Waals surface area (Å²) < 4.78 is 51.7. The highest BCUT2D eigenvalue weighted by atomic mass is 35.5. The summed E-state index contributed by atoms with van der Waals surface area (Å²) in [6, 6.07) is 2.43. The summed E-state index contributed by atoms with van der Waals surface area (Å²) in [5, 5.41) is 2.55. The largest absolute Gasteiger partial charge is 0.378 e. The van der Waals surface area contributed by atoms with E-state index in [9.17, 15) is 13.2 Å². The number of nitrogens with zero attached hydrogens (tertiary/aromatic N) is 7. The average molecular weight is 608 g/mol. The number of nitrogens with one attached hydrogen (secondary N) is 1. The van der Waals surface area contributed by atoms with Crippen LogP contribution in [0.5, 0.6) is 0 Å². The molecule has 1 unspecified atom stereocenters. The van der Waals surface area contributed by atoms with Gasteiger partial charge in [-0.3, -0.25) is 4.98 Å². The zero-order valence-corrected chi connectivity index (χ0v) is 22.9. The molecule has 0 aromatic carbocycles. The number of rotatable bonds is 5. The van der Waals surface area contributed by atoms with Crippen molar-refractivity contribution in [1.82, 2.24) is 24.9 Å². The van der Waals surface area contributed by atoms with Gasteiger partial charge in [-0.1, -0.05) is 11.6 Å². The van der Waals surface area contributed by atoms with E-state index >= 15 is 0 Å². The minimum atomic E-state index is -0.636. The fourth-order valence-corrected chi connectivity index (χ4v) is 4.32. The highest BCUT2D eigenvalue weighted by Crippen LogP contribution is 2.28.